The first-order valence-corrected chi connectivity index (χ1v) is 12.0. The lowest BCUT2D eigenvalue weighted by molar-refractivity contribution is -0.123. The fraction of sp³-hybridized carbons (Fsp3) is 0.207. The summed E-state index contributed by atoms with van der Waals surface area (Å²) in [5.41, 5.74) is 3.92. The summed E-state index contributed by atoms with van der Waals surface area (Å²) in [5.74, 6) is -1.23. The van der Waals surface area contributed by atoms with E-state index in [0.717, 1.165) is 16.7 Å². The minimum atomic E-state index is -0.822. The van der Waals surface area contributed by atoms with E-state index in [1.54, 1.807) is 30.3 Å². The number of rotatable bonds is 3. The monoisotopic (exact) mass is 478 g/mol. The molecular weight excluding hydrogens is 456 g/mol. The van der Waals surface area contributed by atoms with E-state index < -0.39 is 23.9 Å². The number of carbonyl (C=O) groups is 3. The van der Waals surface area contributed by atoms with Crippen LogP contribution in [0, 0.1) is 18.8 Å². The van der Waals surface area contributed by atoms with Gasteiger partial charge in [-0.25, -0.2) is 4.90 Å². The standard InChI is InChI=1S/C29H22N2O5/c1-16-6-9-19(10-7-16)31-28(33)23-24(29(31)34)26(27(32)18-8-11-21-22(14-18)36-15-35-21)30-13-12-17-4-2-3-5-20(17)25(23)30/h2-14,23-26H,15H2,1H3/t23-,24+,25-,26+/m0/s1. The number of imide groups is 1. The molecule has 0 spiro atoms. The van der Waals surface area contributed by atoms with Crippen LogP contribution in [0.15, 0.2) is 72.9 Å². The first-order chi connectivity index (χ1) is 17.5. The van der Waals surface area contributed by atoms with Gasteiger partial charge in [0.2, 0.25) is 18.6 Å². The number of carbonyl (C=O) groups excluding carboxylic acids is 3. The molecule has 2 saturated heterocycles. The second-order valence-electron chi connectivity index (χ2n) is 9.61. The molecular formula is C29H22N2O5. The van der Waals surface area contributed by atoms with Crippen LogP contribution in [0.3, 0.4) is 0 Å². The van der Waals surface area contributed by atoms with Crippen molar-refractivity contribution in [2.45, 2.75) is 19.0 Å². The summed E-state index contributed by atoms with van der Waals surface area (Å²) in [5, 5.41) is 0. The largest absolute Gasteiger partial charge is 0.454 e. The Morgan fingerprint density at radius 2 is 1.64 bits per heavy atom. The Labute approximate surface area is 207 Å². The predicted molar refractivity (Wildman–Crippen MR) is 131 cm³/mol. The van der Waals surface area contributed by atoms with Crippen molar-refractivity contribution in [3.05, 3.63) is 95.2 Å². The smallest absolute Gasteiger partial charge is 0.240 e. The topological polar surface area (TPSA) is 76.2 Å². The lowest BCUT2D eigenvalue weighted by Crippen LogP contribution is -2.44. The normalized spacial score (nSPS) is 25.1. The third kappa shape index (κ3) is 2.83. The number of ether oxygens (including phenoxy) is 2. The van der Waals surface area contributed by atoms with Crippen LogP contribution >= 0.6 is 0 Å². The molecule has 0 aromatic heterocycles. The fourth-order valence-electron chi connectivity index (χ4n) is 6.03. The SMILES string of the molecule is Cc1ccc(N2C(=O)[C@@H]3[C@H](C2=O)[C@@H]2c4ccccc4C=CN2[C@H]3C(=O)c2ccc3c(c2)OCO3)cc1. The number of Topliss-reactive ketones (excluding diaryl/α,β-unsaturated/α-hetero) is 1. The highest BCUT2D eigenvalue weighted by Gasteiger charge is 2.64. The predicted octanol–water partition coefficient (Wildman–Crippen LogP) is 4.12. The Bertz CT molecular complexity index is 1480. The summed E-state index contributed by atoms with van der Waals surface area (Å²) in [6.45, 7) is 2.06. The molecule has 3 aromatic rings. The summed E-state index contributed by atoms with van der Waals surface area (Å²) < 4.78 is 10.9. The van der Waals surface area contributed by atoms with Crippen LogP contribution in [0.25, 0.3) is 6.08 Å². The van der Waals surface area contributed by atoms with Gasteiger partial charge in [-0.15, -0.1) is 0 Å². The molecule has 2 amide bonds. The number of hydrogen-bond donors (Lipinski definition) is 0. The van der Waals surface area contributed by atoms with Crippen LogP contribution in [0.1, 0.15) is 33.1 Å². The van der Waals surface area contributed by atoms with Crippen molar-refractivity contribution in [2.24, 2.45) is 11.8 Å². The second kappa shape index (κ2) is 7.55. The van der Waals surface area contributed by atoms with E-state index in [0.29, 0.717) is 22.7 Å². The van der Waals surface area contributed by atoms with Crippen LogP contribution in [0.5, 0.6) is 11.5 Å². The minimum Gasteiger partial charge on any atom is -0.454 e. The number of hydrogen-bond acceptors (Lipinski definition) is 6. The molecule has 0 N–H and O–H groups in total. The van der Waals surface area contributed by atoms with Crippen molar-refractivity contribution in [1.82, 2.24) is 4.90 Å². The van der Waals surface area contributed by atoms with Crippen molar-refractivity contribution in [3.63, 3.8) is 0 Å². The summed E-state index contributed by atoms with van der Waals surface area (Å²) in [6, 6.07) is 19.0. The fourth-order valence-corrected chi connectivity index (χ4v) is 6.03. The molecule has 0 radical (unpaired) electrons. The Balaban J connectivity index is 1.36. The maximum Gasteiger partial charge on any atom is 0.240 e. The maximum atomic E-state index is 14.0. The highest BCUT2D eigenvalue weighted by atomic mass is 16.7. The molecule has 36 heavy (non-hydrogen) atoms. The van der Waals surface area contributed by atoms with Gasteiger partial charge in [-0.3, -0.25) is 14.4 Å². The molecule has 4 aliphatic rings. The summed E-state index contributed by atoms with van der Waals surface area (Å²) >= 11 is 0. The van der Waals surface area contributed by atoms with Crippen LogP contribution in [-0.4, -0.2) is 35.3 Å². The summed E-state index contributed by atoms with van der Waals surface area (Å²) in [4.78, 5) is 45.1. The molecule has 4 heterocycles. The molecule has 4 aliphatic heterocycles. The first kappa shape index (κ1) is 20.9. The van der Waals surface area contributed by atoms with E-state index >= 15 is 0 Å². The summed E-state index contributed by atoms with van der Waals surface area (Å²) in [6.07, 6.45) is 3.80. The van der Waals surface area contributed by atoms with Crippen LogP contribution < -0.4 is 14.4 Å². The lowest BCUT2D eigenvalue weighted by Gasteiger charge is -2.35. The van der Waals surface area contributed by atoms with E-state index in [-0.39, 0.29) is 24.4 Å². The first-order valence-electron chi connectivity index (χ1n) is 12.0. The van der Waals surface area contributed by atoms with Gasteiger partial charge in [-0.05, 0) is 54.5 Å². The number of ketones is 1. The number of fused-ring (bicyclic) bond motifs is 6. The van der Waals surface area contributed by atoms with Crippen LogP contribution in [0.2, 0.25) is 0 Å². The average molecular weight is 479 g/mol. The number of anilines is 1. The molecule has 0 saturated carbocycles. The van der Waals surface area contributed by atoms with Gasteiger partial charge >= 0.3 is 0 Å². The molecule has 178 valence electrons. The maximum absolute atomic E-state index is 14.0. The zero-order chi connectivity index (χ0) is 24.6. The van der Waals surface area contributed by atoms with E-state index in [2.05, 4.69) is 0 Å². The van der Waals surface area contributed by atoms with Gasteiger partial charge in [-0.1, -0.05) is 42.0 Å². The van der Waals surface area contributed by atoms with Gasteiger partial charge in [0.15, 0.2) is 17.3 Å². The van der Waals surface area contributed by atoms with Gasteiger partial charge in [0, 0.05) is 11.8 Å². The molecule has 3 aromatic carbocycles. The highest BCUT2D eigenvalue weighted by molar-refractivity contribution is 6.24. The van der Waals surface area contributed by atoms with Gasteiger partial charge in [-0.2, -0.15) is 0 Å². The molecule has 0 aliphatic carbocycles. The second-order valence-corrected chi connectivity index (χ2v) is 9.61. The molecule has 7 rings (SSSR count). The van der Waals surface area contributed by atoms with Crippen LogP contribution in [-0.2, 0) is 9.59 Å². The number of amides is 2. The Hall–Kier alpha value is -4.39. The molecule has 0 bridgehead atoms. The van der Waals surface area contributed by atoms with E-state index in [4.69, 9.17) is 9.47 Å². The molecule has 4 atom stereocenters. The zero-order valence-electron chi connectivity index (χ0n) is 19.5. The van der Waals surface area contributed by atoms with Gasteiger partial charge in [0.25, 0.3) is 0 Å². The van der Waals surface area contributed by atoms with E-state index in [1.165, 1.54) is 4.90 Å². The van der Waals surface area contributed by atoms with E-state index in [1.807, 2.05) is 60.5 Å². The Kier molecular flexibility index (Phi) is 4.39. The molecule has 2 fully saturated rings. The number of benzene rings is 3. The van der Waals surface area contributed by atoms with Crippen molar-refractivity contribution < 1.29 is 23.9 Å². The van der Waals surface area contributed by atoms with E-state index in [9.17, 15) is 14.4 Å². The van der Waals surface area contributed by atoms with Crippen molar-refractivity contribution in [3.8, 4) is 11.5 Å². The highest BCUT2D eigenvalue weighted by Crippen LogP contribution is 2.53. The number of aryl methyl sites for hydroxylation is 1. The Morgan fingerprint density at radius 3 is 2.47 bits per heavy atom. The van der Waals surface area contributed by atoms with Crippen molar-refractivity contribution in [2.75, 3.05) is 11.7 Å². The lowest BCUT2D eigenvalue weighted by atomic mass is 9.83. The zero-order valence-corrected chi connectivity index (χ0v) is 19.5. The third-order valence-electron chi connectivity index (χ3n) is 7.68. The quantitative estimate of drug-likeness (QED) is 0.416. The number of nitrogens with zero attached hydrogens (tertiary/aromatic N) is 2. The van der Waals surface area contributed by atoms with Gasteiger partial charge in [0.1, 0.15) is 6.04 Å². The molecule has 7 nitrogen and oxygen atoms in total. The summed E-state index contributed by atoms with van der Waals surface area (Å²) in [7, 11) is 0. The van der Waals surface area contributed by atoms with Gasteiger partial charge < -0.3 is 14.4 Å². The third-order valence-corrected chi connectivity index (χ3v) is 7.68. The van der Waals surface area contributed by atoms with Crippen LogP contribution in [0.4, 0.5) is 5.69 Å². The van der Waals surface area contributed by atoms with Gasteiger partial charge in [0.05, 0.1) is 23.6 Å². The minimum absolute atomic E-state index is 0.104. The molecule has 0 unspecified atom stereocenters. The van der Waals surface area contributed by atoms with Crippen molar-refractivity contribution in [1.29, 1.82) is 0 Å². The van der Waals surface area contributed by atoms with Crippen molar-refractivity contribution >= 4 is 29.4 Å². The molecule has 7 heteroatoms. The Morgan fingerprint density at radius 1 is 0.889 bits per heavy atom. The average Bonchev–Trinajstić information content (AvgIpc) is 3.57.